The highest BCUT2D eigenvalue weighted by molar-refractivity contribution is 6.09. The maximum Gasteiger partial charge on any atom is 0.272 e. The minimum atomic E-state index is -0.365. The van der Waals surface area contributed by atoms with Gasteiger partial charge in [0.1, 0.15) is 28.7 Å². The minimum Gasteiger partial charge on any atom is -0.495 e. The molecule has 4 rings (SSSR count). The zero-order chi connectivity index (χ0) is 17.4. The van der Waals surface area contributed by atoms with Gasteiger partial charge in [-0.2, -0.15) is 5.26 Å². The van der Waals surface area contributed by atoms with E-state index in [0.29, 0.717) is 28.3 Å². The number of methoxy groups -OCH3 is 1. The molecule has 4 aromatic rings. The highest BCUT2D eigenvalue weighted by Gasteiger charge is 2.15. The van der Waals surface area contributed by atoms with E-state index in [1.165, 1.54) is 12.3 Å². The van der Waals surface area contributed by atoms with Crippen molar-refractivity contribution in [2.75, 3.05) is 12.4 Å². The van der Waals surface area contributed by atoms with Gasteiger partial charge in [-0.05, 0) is 18.2 Å². The Morgan fingerprint density at radius 1 is 1.20 bits per heavy atom. The van der Waals surface area contributed by atoms with Crippen LogP contribution < -0.4 is 10.1 Å². The molecule has 0 atom stereocenters. The van der Waals surface area contributed by atoms with Crippen LogP contribution in [0.5, 0.6) is 5.75 Å². The molecule has 2 aromatic carbocycles. The summed E-state index contributed by atoms with van der Waals surface area (Å²) in [5, 5.41) is 13.5. The summed E-state index contributed by atoms with van der Waals surface area (Å²) in [6.07, 6.45) is 1.48. The van der Waals surface area contributed by atoms with Crippen molar-refractivity contribution in [3.63, 3.8) is 0 Å². The van der Waals surface area contributed by atoms with Crippen LogP contribution in [-0.2, 0) is 0 Å². The van der Waals surface area contributed by atoms with Crippen LogP contribution in [0.1, 0.15) is 16.1 Å². The topological polar surface area (TPSA) is 91.0 Å². The van der Waals surface area contributed by atoms with Gasteiger partial charge < -0.3 is 19.5 Å². The number of nitrogens with one attached hydrogen (secondary N) is 2. The van der Waals surface area contributed by atoms with Gasteiger partial charge >= 0.3 is 0 Å². The molecule has 0 unspecified atom stereocenters. The van der Waals surface area contributed by atoms with E-state index >= 15 is 0 Å². The van der Waals surface area contributed by atoms with Crippen molar-refractivity contribution >= 4 is 33.5 Å². The van der Waals surface area contributed by atoms with E-state index in [-0.39, 0.29) is 5.91 Å². The predicted octanol–water partition coefficient (Wildman–Crippen LogP) is 4.05. The average molecular weight is 331 g/mol. The van der Waals surface area contributed by atoms with Crippen LogP contribution in [0, 0.1) is 11.3 Å². The number of aromatic amines is 1. The Morgan fingerprint density at radius 3 is 2.80 bits per heavy atom. The highest BCUT2D eigenvalue weighted by Crippen LogP contribution is 2.36. The van der Waals surface area contributed by atoms with Gasteiger partial charge in [0, 0.05) is 23.0 Å². The number of fused-ring (bicyclic) bond motifs is 3. The summed E-state index contributed by atoms with van der Waals surface area (Å²) in [5.41, 5.74) is 2.60. The molecule has 25 heavy (non-hydrogen) atoms. The van der Waals surface area contributed by atoms with Crippen LogP contribution in [0.15, 0.2) is 53.1 Å². The first-order chi connectivity index (χ1) is 12.2. The van der Waals surface area contributed by atoms with Crippen molar-refractivity contribution in [2.45, 2.75) is 0 Å². The van der Waals surface area contributed by atoms with Crippen molar-refractivity contribution in [1.29, 1.82) is 5.26 Å². The molecular weight excluding hydrogens is 318 g/mol. The number of ether oxygens (including phenoxy) is 1. The molecular formula is C19H13N3O3. The second-order valence-electron chi connectivity index (χ2n) is 5.51. The molecule has 0 fully saturated rings. The SMILES string of the molecule is COc1cc2c(cc1NC(=O)c1cc(C#N)c[nH]1)oc1ccccc12. The first-order valence-corrected chi connectivity index (χ1v) is 7.59. The van der Waals surface area contributed by atoms with Gasteiger partial charge in [0.25, 0.3) is 5.91 Å². The summed E-state index contributed by atoms with van der Waals surface area (Å²) in [6, 6.07) is 14.8. The third-order valence-electron chi connectivity index (χ3n) is 4.00. The van der Waals surface area contributed by atoms with E-state index in [1.54, 1.807) is 13.2 Å². The van der Waals surface area contributed by atoms with Crippen LogP contribution in [-0.4, -0.2) is 18.0 Å². The molecule has 0 spiro atoms. The Kier molecular flexibility index (Phi) is 3.40. The second-order valence-corrected chi connectivity index (χ2v) is 5.51. The number of hydrogen-bond acceptors (Lipinski definition) is 4. The molecule has 0 radical (unpaired) electrons. The number of nitrogens with zero attached hydrogens (tertiary/aromatic N) is 1. The van der Waals surface area contributed by atoms with Gasteiger partial charge in [0.2, 0.25) is 0 Å². The number of para-hydroxylation sites is 1. The monoisotopic (exact) mass is 331 g/mol. The third kappa shape index (κ3) is 2.48. The number of benzene rings is 2. The highest BCUT2D eigenvalue weighted by atomic mass is 16.5. The van der Waals surface area contributed by atoms with Crippen LogP contribution in [0.4, 0.5) is 5.69 Å². The Labute approximate surface area is 142 Å². The Hall–Kier alpha value is -3.72. The molecule has 2 heterocycles. The van der Waals surface area contributed by atoms with E-state index in [1.807, 2.05) is 36.4 Å². The maximum atomic E-state index is 12.4. The van der Waals surface area contributed by atoms with E-state index in [4.69, 9.17) is 14.4 Å². The van der Waals surface area contributed by atoms with Crippen LogP contribution in [0.25, 0.3) is 21.9 Å². The average Bonchev–Trinajstić information content (AvgIpc) is 3.25. The number of hydrogen-bond donors (Lipinski definition) is 2. The number of H-pyrrole nitrogens is 1. The molecule has 0 aliphatic rings. The first kappa shape index (κ1) is 14.8. The van der Waals surface area contributed by atoms with Gasteiger partial charge in [-0.15, -0.1) is 0 Å². The second kappa shape index (κ2) is 5.73. The third-order valence-corrected chi connectivity index (χ3v) is 4.00. The molecule has 6 nitrogen and oxygen atoms in total. The molecule has 0 saturated heterocycles. The molecule has 2 N–H and O–H groups in total. The van der Waals surface area contributed by atoms with Gasteiger partial charge in [-0.1, -0.05) is 18.2 Å². The normalized spacial score (nSPS) is 10.7. The molecule has 6 heteroatoms. The number of amides is 1. The minimum absolute atomic E-state index is 0.295. The largest absolute Gasteiger partial charge is 0.495 e. The smallest absolute Gasteiger partial charge is 0.272 e. The fraction of sp³-hybridized carbons (Fsp3) is 0.0526. The number of nitriles is 1. The first-order valence-electron chi connectivity index (χ1n) is 7.59. The zero-order valence-corrected chi connectivity index (χ0v) is 13.3. The number of furan rings is 1. The van der Waals surface area contributed by atoms with Crippen molar-refractivity contribution in [3.8, 4) is 11.8 Å². The van der Waals surface area contributed by atoms with E-state index in [9.17, 15) is 4.79 Å². The Bertz CT molecular complexity index is 1150. The lowest BCUT2D eigenvalue weighted by molar-refractivity contribution is 0.102. The van der Waals surface area contributed by atoms with Gasteiger partial charge in [-0.25, -0.2) is 0 Å². The Morgan fingerprint density at radius 2 is 2.04 bits per heavy atom. The standard InChI is InChI=1S/C19H13N3O3/c1-24-18-7-13-12-4-2-3-5-16(12)25-17(13)8-14(18)22-19(23)15-6-11(9-20)10-21-15/h2-8,10,21H,1H3,(H,22,23). The lowest BCUT2D eigenvalue weighted by Gasteiger charge is -2.09. The summed E-state index contributed by atoms with van der Waals surface area (Å²) in [6.45, 7) is 0. The predicted molar refractivity (Wildman–Crippen MR) is 93.7 cm³/mol. The van der Waals surface area contributed by atoms with Gasteiger partial charge in [0.05, 0.1) is 18.4 Å². The number of aromatic nitrogens is 1. The van der Waals surface area contributed by atoms with E-state index in [0.717, 1.165) is 16.4 Å². The quantitative estimate of drug-likeness (QED) is 0.592. The van der Waals surface area contributed by atoms with Crippen LogP contribution in [0.2, 0.25) is 0 Å². The van der Waals surface area contributed by atoms with Crippen molar-refractivity contribution < 1.29 is 13.9 Å². The summed E-state index contributed by atoms with van der Waals surface area (Å²) in [7, 11) is 1.54. The fourth-order valence-electron chi connectivity index (χ4n) is 2.80. The molecule has 2 aromatic heterocycles. The fourth-order valence-corrected chi connectivity index (χ4v) is 2.80. The van der Waals surface area contributed by atoms with Crippen molar-refractivity contribution in [2.24, 2.45) is 0 Å². The number of carbonyl (C=O) groups is 1. The number of carbonyl (C=O) groups excluding carboxylic acids is 1. The maximum absolute atomic E-state index is 12.4. The van der Waals surface area contributed by atoms with E-state index < -0.39 is 0 Å². The number of rotatable bonds is 3. The van der Waals surface area contributed by atoms with Crippen LogP contribution in [0.3, 0.4) is 0 Å². The molecule has 0 saturated carbocycles. The molecule has 122 valence electrons. The zero-order valence-electron chi connectivity index (χ0n) is 13.3. The summed E-state index contributed by atoms with van der Waals surface area (Å²) < 4.78 is 11.3. The van der Waals surface area contributed by atoms with Gasteiger partial charge in [0.15, 0.2) is 0 Å². The Balaban J connectivity index is 1.77. The summed E-state index contributed by atoms with van der Waals surface area (Å²) in [5.74, 6) is 0.162. The lowest BCUT2D eigenvalue weighted by Crippen LogP contribution is -2.12. The molecule has 1 amide bonds. The summed E-state index contributed by atoms with van der Waals surface area (Å²) >= 11 is 0. The van der Waals surface area contributed by atoms with E-state index in [2.05, 4.69) is 10.3 Å². The van der Waals surface area contributed by atoms with Gasteiger partial charge in [-0.3, -0.25) is 4.79 Å². The van der Waals surface area contributed by atoms with Crippen molar-refractivity contribution in [1.82, 2.24) is 4.98 Å². The number of anilines is 1. The van der Waals surface area contributed by atoms with Crippen molar-refractivity contribution in [3.05, 3.63) is 59.9 Å². The molecule has 0 aliphatic carbocycles. The van der Waals surface area contributed by atoms with Crippen LogP contribution >= 0.6 is 0 Å². The summed E-state index contributed by atoms with van der Waals surface area (Å²) in [4.78, 5) is 15.2. The lowest BCUT2D eigenvalue weighted by atomic mass is 10.1. The molecule has 0 bridgehead atoms. The molecule has 0 aliphatic heterocycles.